The highest BCUT2D eigenvalue weighted by Crippen LogP contribution is 2.07. The molecule has 1 aromatic carbocycles. The monoisotopic (exact) mass is 292 g/mol. The minimum absolute atomic E-state index is 0.0627. The minimum atomic E-state index is -0.663. The van der Waals surface area contributed by atoms with E-state index in [9.17, 15) is 9.59 Å². The summed E-state index contributed by atoms with van der Waals surface area (Å²) in [5.74, 6) is -0.645. The van der Waals surface area contributed by atoms with Crippen LogP contribution >= 0.6 is 0 Å². The number of carbonyl (C=O) groups is 2. The summed E-state index contributed by atoms with van der Waals surface area (Å²) < 4.78 is 4.90. The molecule has 5 nitrogen and oxygen atoms in total. The zero-order valence-electron chi connectivity index (χ0n) is 12.9. The van der Waals surface area contributed by atoms with Gasteiger partial charge in [0, 0.05) is 6.04 Å². The summed E-state index contributed by atoms with van der Waals surface area (Å²) in [6, 6.07) is 8.82. The summed E-state index contributed by atoms with van der Waals surface area (Å²) in [5, 5.41) is 0. The molecule has 0 aromatic heterocycles. The largest absolute Gasteiger partial charge is 0.465 e. The van der Waals surface area contributed by atoms with Crippen molar-refractivity contribution < 1.29 is 14.3 Å². The second-order valence-corrected chi connectivity index (χ2v) is 5.16. The fraction of sp³-hybridized carbons (Fsp3) is 0.500. The van der Waals surface area contributed by atoms with Crippen LogP contribution < -0.4 is 5.73 Å². The Morgan fingerprint density at radius 1 is 1.24 bits per heavy atom. The molecule has 1 amide bonds. The molecule has 0 aliphatic carbocycles. The Hall–Kier alpha value is -1.88. The molecule has 1 atom stereocenters. The van der Waals surface area contributed by atoms with Crippen LogP contribution in [0.1, 0.15) is 26.3 Å². The van der Waals surface area contributed by atoms with E-state index >= 15 is 0 Å². The number of nitrogens with two attached hydrogens (primary N) is 1. The van der Waals surface area contributed by atoms with Crippen molar-refractivity contribution in [3.05, 3.63) is 35.9 Å². The van der Waals surface area contributed by atoms with Gasteiger partial charge in [0.05, 0.1) is 12.6 Å². The third-order valence-electron chi connectivity index (χ3n) is 3.13. The highest BCUT2D eigenvalue weighted by molar-refractivity contribution is 5.86. The van der Waals surface area contributed by atoms with Gasteiger partial charge in [0.2, 0.25) is 5.91 Å². The van der Waals surface area contributed by atoms with Gasteiger partial charge in [-0.2, -0.15) is 0 Å². The third-order valence-corrected chi connectivity index (χ3v) is 3.13. The Balaban J connectivity index is 2.69. The van der Waals surface area contributed by atoms with E-state index in [2.05, 4.69) is 0 Å². The quantitative estimate of drug-likeness (QED) is 0.770. The number of benzene rings is 1. The van der Waals surface area contributed by atoms with Crippen LogP contribution in [0.25, 0.3) is 0 Å². The van der Waals surface area contributed by atoms with Gasteiger partial charge in [0.15, 0.2) is 0 Å². The normalized spacial score (nSPS) is 12.0. The molecule has 0 spiro atoms. The zero-order chi connectivity index (χ0) is 15.8. The third kappa shape index (κ3) is 5.55. The van der Waals surface area contributed by atoms with Gasteiger partial charge in [-0.1, -0.05) is 30.3 Å². The van der Waals surface area contributed by atoms with Gasteiger partial charge < -0.3 is 15.4 Å². The lowest BCUT2D eigenvalue weighted by Crippen LogP contribution is -2.50. The second kappa shape index (κ2) is 8.42. The molecule has 0 bridgehead atoms. The number of hydrogen-bond donors (Lipinski definition) is 1. The van der Waals surface area contributed by atoms with E-state index in [0.29, 0.717) is 13.0 Å². The summed E-state index contributed by atoms with van der Waals surface area (Å²) in [4.78, 5) is 25.5. The zero-order valence-corrected chi connectivity index (χ0v) is 12.9. The second-order valence-electron chi connectivity index (χ2n) is 5.16. The smallest absolute Gasteiger partial charge is 0.325 e. The van der Waals surface area contributed by atoms with Crippen LogP contribution in [-0.4, -0.2) is 42.0 Å². The fourth-order valence-corrected chi connectivity index (χ4v) is 2.03. The maximum Gasteiger partial charge on any atom is 0.325 e. The molecular weight excluding hydrogens is 268 g/mol. The van der Waals surface area contributed by atoms with Crippen molar-refractivity contribution in [1.82, 2.24) is 4.90 Å². The van der Waals surface area contributed by atoms with Gasteiger partial charge >= 0.3 is 5.97 Å². The predicted molar refractivity (Wildman–Crippen MR) is 81.6 cm³/mol. The Morgan fingerprint density at radius 2 is 1.86 bits per heavy atom. The standard InChI is InChI=1S/C16H24N2O3/c1-4-21-15(19)11-18(12(2)3)16(20)14(17)10-13-8-6-5-7-9-13/h5-9,12,14H,4,10-11,17H2,1-3H3/t14-/m1/s1. The Labute approximate surface area is 126 Å². The van der Waals surface area contributed by atoms with E-state index in [1.807, 2.05) is 44.2 Å². The number of rotatable bonds is 7. The molecule has 5 heteroatoms. The topological polar surface area (TPSA) is 72.6 Å². The van der Waals surface area contributed by atoms with Crippen LogP contribution in [0.5, 0.6) is 0 Å². The summed E-state index contributed by atoms with van der Waals surface area (Å²) >= 11 is 0. The molecule has 1 rings (SSSR count). The maximum atomic E-state index is 12.4. The van der Waals surface area contributed by atoms with Crippen molar-refractivity contribution in [2.24, 2.45) is 5.73 Å². The fourth-order valence-electron chi connectivity index (χ4n) is 2.03. The van der Waals surface area contributed by atoms with E-state index in [-0.39, 0.29) is 18.5 Å². The van der Waals surface area contributed by atoms with Crippen LogP contribution in [0.15, 0.2) is 30.3 Å². The number of nitrogens with zero attached hydrogens (tertiary/aromatic N) is 1. The molecule has 0 aliphatic heterocycles. The van der Waals surface area contributed by atoms with Crippen molar-refractivity contribution in [3.8, 4) is 0 Å². The number of esters is 1. The van der Waals surface area contributed by atoms with Crippen LogP contribution in [0.4, 0.5) is 0 Å². The van der Waals surface area contributed by atoms with E-state index in [4.69, 9.17) is 10.5 Å². The number of carbonyl (C=O) groups excluding carboxylic acids is 2. The van der Waals surface area contributed by atoms with Gasteiger partial charge in [0.1, 0.15) is 6.54 Å². The lowest BCUT2D eigenvalue weighted by molar-refractivity contribution is -0.150. The van der Waals surface area contributed by atoms with E-state index < -0.39 is 12.0 Å². The van der Waals surface area contributed by atoms with Crippen molar-refractivity contribution in [2.45, 2.75) is 39.3 Å². The molecule has 0 radical (unpaired) electrons. The van der Waals surface area contributed by atoms with Gasteiger partial charge in [-0.3, -0.25) is 9.59 Å². The lowest BCUT2D eigenvalue weighted by atomic mass is 10.1. The summed E-state index contributed by atoms with van der Waals surface area (Å²) in [6.45, 7) is 5.68. The molecule has 2 N–H and O–H groups in total. The average Bonchev–Trinajstić information content (AvgIpc) is 2.45. The molecule has 0 fully saturated rings. The molecule has 1 aromatic rings. The van der Waals surface area contributed by atoms with Gasteiger partial charge in [0.25, 0.3) is 0 Å². The highest BCUT2D eigenvalue weighted by atomic mass is 16.5. The summed E-state index contributed by atoms with van der Waals surface area (Å²) in [6.07, 6.45) is 0.450. The van der Waals surface area contributed by atoms with Crippen molar-refractivity contribution >= 4 is 11.9 Å². The minimum Gasteiger partial charge on any atom is -0.465 e. The summed E-state index contributed by atoms with van der Waals surface area (Å²) in [5.41, 5.74) is 6.99. The first-order chi connectivity index (χ1) is 9.95. The van der Waals surface area contributed by atoms with Crippen LogP contribution in [0.2, 0.25) is 0 Å². The van der Waals surface area contributed by atoms with Crippen molar-refractivity contribution in [2.75, 3.05) is 13.2 Å². The molecule has 0 unspecified atom stereocenters. The predicted octanol–water partition coefficient (Wildman–Crippen LogP) is 1.36. The lowest BCUT2D eigenvalue weighted by Gasteiger charge is -2.28. The van der Waals surface area contributed by atoms with E-state index in [1.54, 1.807) is 6.92 Å². The molecule has 21 heavy (non-hydrogen) atoms. The Morgan fingerprint density at radius 3 is 2.38 bits per heavy atom. The maximum absolute atomic E-state index is 12.4. The van der Waals surface area contributed by atoms with E-state index in [0.717, 1.165) is 5.56 Å². The van der Waals surface area contributed by atoms with Crippen molar-refractivity contribution in [1.29, 1.82) is 0 Å². The number of hydrogen-bond acceptors (Lipinski definition) is 4. The first kappa shape index (κ1) is 17.2. The number of amides is 1. The number of ether oxygens (including phenoxy) is 1. The first-order valence-electron chi connectivity index (χ1n) is 7.21. The summed E-state index contributed by atoms with van der Waals surface area (Å²) in [7, 11) is 0. The molecular formula is C16H24N2O3. The molecule has 116 valence electrons. The molecule has 0 aliphatic rings. The first-order valence-corrected chi connectivity index (χ1v) is 7.21. The van der Waals surface area contributed by atoms with Crippen LogP contribution in [0.3, 0.4) is 0 Å². The van der Waals surface area contributed by atoms with Crippen LogP contribution in [-0.2, 0) is 20.7 Å². The Kier molecular flexibility index (Phi) is 6.88. The van der Waals surface area contributed by atoms with Crippen LogP contribution in [0, 0.1) is 0 Å². The average molecular weight is 292 g/mol. The highest BCUT2D eigenvalue weighted by Gasteiger charge is 2.25. The molecule has 0 saturated heterocycles. The van der Waals surface area contributed by atoms with Gasteiger partial charge in [-0.05, 0) is 32.8 Å². The van der Waals surface area contributed by atoms with Gasteiger partial charge in [-0.25, -0.2) is 0 Å². The van der Waals surface area contributed by atoms with Gasteiger partial charge in [-0.15, -0.1) is 0 Å². The van der Waals surface area contributed by atoms with Crippen molar-refractivity contribution in [3.63, 3.8) is 0 Å². The van der Waals surface area contributed by atoms with E-state index in [1.165, 1.54) is 4.90 Å². The SMILES string of the molecule is CCOC(=O)CN(C(=O)[C@H](N)Cc1ccccc1)C(C)C. The molecule has 0 heterocycles. The Bertz CT molecular complexity index is 460. The molecule has 0 saturated carbocycles.